The molecule has 0 bridgehead atoms. The molecule has 0 amide bonds. The monoisotopic (exact) mass is 279 g/mol. The summed E-state index contributed by atoms with van der Waals surface area (Å²) in [6.45, 7) is 0. The third-order valence-corrected chi connectivity index (χ3v) is 2.69. The van der Waals surface area contributed by atoms with Crippen LogP contribution < -0.4 is 0 Å². The van der Waals surface area contributed by atoms with Crippen molar-refractivity contribution in [2.45, 2.75) is 18.2 Å². The van der Waals surface area contributed by atoms with Gasteiger partial charge < -0.3 is 5.11 Å². The number of carbonyl (C=O) groups is 2. The zero-order valence-electron chi connectivity index (χ0n) is 8.49. The highest BCUT2D eigenvalue weighted by Crippen LogP contribution is 2.15. The maximum Gasteiger partial charge on any atom is 0.321 e. The Labute approximate surface area is 106 Å². The fraction of sp³-hybridized carbons (Fsp3) is 0.300. The molecule has 0 saturated heterocycles. The number of hydrogen-bond acceptors (Lipinski definition) is 3. The maximum absolute atomic E-state index is 13.0. The van der Waals surface area contributed by atoms with Crippen molar-refractivity contribution in [1.29, 1.82) is 0 Å². The number of alkyl halides is 1. The third kappa shape index (κ3) is 3.94. The summed E-state index contributed by atoms with van der Waals surface area (Å²) in [5.74, 6) is -2.42. The molecule has 0 spiro atoms. The number of nitrogens with zero attached hydrogens (tertiary/aromatic N) is 1. The van der Waals surface area contributed by atoms with Crippen LogP contribution in [-0.4, -0.2) is 27.2 Å². The van der Waals surface area contributed by atoms with Crippen molar-refractivity contribution < 1.29 is 19.1 Å². The summed E-state index contributed by atoms with van der Waals surface area (Å²) in [7, 11) is 0. The molecular weight excluding hydrogens is 272 g/mol. The largest absolute Gasteiger partial charge is 0.480 e. The van der Waals surface area contributed by atoms with E-state index in [9.17, 15) is 14.0 Å². The quantitative estimate of drug-likeness (QED) is 0.511. The van der Waals surface area contributed by atoms with Gasteiger partial charge in [0.2, 0.25) is 0 Å². The number of hydrogen-bond donors (Lipinski definition) is 1. The number of carboxylic acids is 1. The number of halogens is 3. The SMILES string of the molecule is O=C(CCC(Cl)C(=O)O)c1cnc(Cl)c(F)c1. The third-order valence-electron chi connectivity index (χ3n) is 2.01. The molecule has 1 aromatic rings. The molecule has 0 fully saturated rings. The number of aliphatic carboxylic acids is 1. The van der Waals surface area contributed by atoms with E-state index in [2.05, 4.69) is 4.98 Å². The standard InChI is InChI=1S/C10H8Cl2FNO3/c11-6(10(16)17)1-2-8(15)5-3-7(13)9(12)14-4-5/h3-4,6H,1-2H2,(H,16,17). The molecule has 4 nitrogen and oxygen atoms in total. The van der Waals surface area contributed by atoms with E-state index in [1.807, 2.05) is 0 Å². The minimum absolute atomic E-state index is 0.0278. The van der Waals surface area contributed by atoms with E-state index in [1.165, 1.54) is 0 Å². The summed E-state index contributed by atoms with van der Waals surface area (Å²) in [4.78, 5) is 25.4. The molecule has 17 heavy (non-hydrogen) atoms. The van der Waals surface area contributed by atoms with E-state index in [0.29, 0.717) is 0 Å². The molecular formula is C10H8Cl2FNO3. The molecule has 0 radical (unpaired) electrons. The molecule has 7 heteroatoms. The fourth-order valence-electron chi connectivity index (χ4n) is 1.10. The topological polar surface area (TPSA) is 67.3 Å². The van der Waals surface area contributed by atoms with Gasteiger partial charge in [0.1, 0.15) is 5.38 Å². The highest BCUT2D eigenvalue weighted by Gasteiger charge is 2.17. The van der Waals surface area contributed by atoms with Crippen molar-refractivity contribution in [3.63, 3.8) is 0 Å². The molecule has 0 aliphatic heterocycles. The van der Waals surface area contributed by atoms with Crippen LogP contribution in [0, 0.1) is 5.82 Å². The van der Waals surface area contributed by atoms with Crippen LogP contribution in [0.3, 0.4) is 0 Å². The number of carboxylic acid groups (broad SMARTS) is 1. The van der Waals surface area contributed by atoms with Gasteiger partial charge >= 0.3 is 5.97 Å². The van der Waals surface area contributed by atoms with Gasteiger partial charge in [0.15, 0.2) is 16.8 Å². The number of ketones is 1. The fourth-order valence-corrected chi connectivity index (χ4v) is 1.31. The van der Waals surface area contributed by atoms with Crippen LogP contribution in [-0.2, 0) is 4.79 Å². The van der Waals surface area contributed by atoms with E-state index >= 15 is 0 Å². The van der Waals surface area contributed by atoms with E-state index in [-0.39, 0.29) is 23.6 Å². The van der Waals surface area contributed by atoms with Crippen molar-refractivity contribution in [3.8, 4) is 0 Å². The van der Waals surface area contributed by atoms with Crippen LogP contribution in [0.15, 0.2) is 12.3 Å². The van der Waals surface area contributed by atoms with Gasteiger partial charge in [-0.1, -0.05) is 11.6 Å². The van der Waals surface area contributed by atoms with Gasteiger partial charge in [-0.3, -0.25) is 9.59 Å². The molecule has 1 heterocycles. The van der Waals surface area contributed by atoms with Gasteiger partial charge in [-0.25, -0.2) is 9.37 Å². The lowest BCUT2D eigenvalue weighted by molar-refractivity contribution is -0.136. The van der Waals surface area contributed by atoms with E-state index in [1.54, 1.807) is 0 Å². The molecule has 1 aromatic heterocycles. The highest BCUT2D eigenvalue weighted by atomic mass is 35.5. The van der Waals surface area contributed by atoms with Gasteiger partial charge in [0, 0.05) is 18.2 Å². The molecule has 1 atom stereocenters. The number of Topliss-reactive ketones (excluding diaryl/α,β-unsaturated/α-hetero) is 1. The normalized spacial score (nSPS) is 12.2. The Morgan fingerprint density at radius 3 is 2.71 bits per heavy atom. The second-order valence-corrected chi connectivity index (χ2v) is 4.15. The Balaban J connectivity index is 2.64. The molecule has 0 saturated carbocycles. The van der Waals surface area contributed by atoms with Crippen molar-refractivity contribution in [3.05, 3.63) is 28.8 Å². The Morgan fingerprint density at radius 2 is 2.18 bits per heavy atom. The first-order valence-electron chi connectivity index (χ1n) is 4.63. The Hall–Kier alpha value is -1.20. The average Bonchev–Trinajstić information content (AvgIpc) is 2.28. The molecule has 1 rings (SSSR count). The second kappa shape index (κ2) is 5.93. The zero-order chi connectivity index (χ0) is 13.0. The van der Waals surface area contributed by atoms with E-state index in [4.69, 9.17) is 28.3 Å². The van der Waals surface area contributed by atoms with Crippen molar-refractivity contribution >= 4 is 35.0 Å². The summed E-state index contributed by atoms with van der Waals surface area (Å²) < 4.78 is 13.0. The predicted molar refractivity (Wildman–Crippen MR) is 60.0 cm³/mol. The highest BCUT2D eigenvalue weighted by molar-refractivity contribution is 6.30. The lowest BCUT2D eigenvalue weighted by Gasteiger charge is -2.04. The Kier molecular flexibility index (Phi) is 4.84. The Bertz CT molecular complexity index is 453. The summed E-state index contributed by atoms with van der Waals surface area (Å²) in [5.41, 5.74) is 0.0427. The first kappa shape index (κ1) is 13.9. The minimum Gasteiger partial charge on any atom is -0.480 e. The first-order chi connectivity index (χ1) is 7.91. The first-order valence-corrected chi connectivity index (χ1v) is 5.44. The zero-order valence-corrected chi connectivity index (χ0v) is 10.0. The smallest absolute Gasteiger partial charge is 0.321 e. The van der Waals surface area contributed by atoms with Gasteiger partial charge in [-0.2, -0.15) is 0 Å². The van der Waals surface area contributed by atoms with Crippen LogP contribution in [0.2, 0.25) is 5.15 Å². The summed E-state index contributed by atoms with van der Waals surface area (Å²) in [6.07, 6.45) is 1.01. The number of carbonyl (C=O) groups excluding carboxylic acids is 1. The average molecular weight is 280 g/mol. The summed E-state index contributed by atoms with van der Waals surface area (Å²) in [6, 6.07) is 0.960. The lowest BCUT2D eigenvalue weighted by Crippen LogP contribution is -2.15. The van der Waals surface area contributed by atoms with E-state index in [0.717, 1.165) is 12.3 Å². The molecule has 1 unspecified atom stereocenters. The van der Waals surface area contributed by atoms with E-state index < -0.39 is 22.9 Å². The lowest BCUT2D eigenvalue weighted by atomic mass is 10.1. The predicted octanol–water partition coefficient (Wildman–Crippen LogP) is 2.53. The van der Waals surface area contributed by atoms with Crippen molar-refractivity contribution in [2.24, 2.45) is 0 Å². The molecule has 0 aliphatic carbocycles. The minimum atomic E-state index is -1.19. The van der Waals surface area contributed by atoms with Gasteiger partial charge in [-0.15, -0.1) is 11.6 Å². The van der Waals surface area contributed by atoms with Gasteiger partial charge in [-0.05, 0) is 12.5 Å². The van der Waals surface area contributed by atoms with Crippen LogP contribution in [0.1, 0.15) is 23.2 Å². The summed E-state index contributed by atoms with van der Waals surface area (Å²) in [5, 5.41) is 7.06. The maximum atomic E-state index is 13.0. The molecule has 1 N–H and O–H groups in total. The molecule has 0 aliphatic rings. The van der Waals surface area contributed by atoms with Crippen molar-refractivity contribution in [1.82, 2.24) is 4.98 Å². The van der Waals surface area contributed by atoms with Crippen LogP contribution in [0.25, 0.3) is 0 Å². The van der Waals surface area contributed by atoms with Crippen LogP contribution in [0.4, 0.5) is 4.39 Å². The summed E-state index contributed by atoms with van der Waals surface area (Å²) >= 11 is 10.8. The number of aromatic nitrogens is 1. The second-order valence-electron chi connectivity index (χ2n) is 3.26. The number of pyridine rings is 1. The van der Waals surface area contributed by atoms with Gasteiger partial charge in [0.05, 0.1) is 0 Å². The van der Waals surface area contributed by atoms with Crippen molar-refractivity contribution in [2.75, 3.05) is 0 Å². The van der Waals surface area contributed by atoms with Crippen LogP contribution in [0.5, 0.6) is 0 Å². The van der Waals surface area contributed by atoms with Gasteiger partial charge in [0.25, 0.3) is 0 Å². The Morgan fingerprint density at radius 1 is 1.53 bits per heavy atom. The van der Waals surface area contributed by atoms with Crippen LogP contribution >= 0.6 is 23.2 Å². The molecule has 92 valence electrons. The number of rotatable bonds is 5. The molecule has 0 aromatic carbocycles.